The molecule has 0 saturated heterocycles. The molecule has 0 bridgehead atoms. The molecule has 0 aliphatic rings. The number of aromatic hydroxyl groups is 2. The molecular formula is C34H26CuN6O13S3. The Morgan fingerprint density at radius 2 is 1.49 bits per heavy atom. The summed E-state index contributed by atoms with van der Waals surface area (Å²) in [5, 5.41) is 67.1. The Kier molecular flexibility index (Phi) is 14.0. The predicted molar refractivity (Wildman–Crippen MR) is 203 cm³/mol. The summed E-state index contributed by atoms with van der Waals surface area (Å²) in [5.74, 6) is -1.11. The molecule has 6 rings (SSSR count). The van der Waals surface area contributed by atoms with Crippen LogP contribution < -0.4 is 15.8 Å². The Hall–Kier alpha value is -5.40. The maximum absolute atomic E-state index is 12.7. The van der Waals surface area contributed by atoms with Gasteiger partial charge in [-0.3, -0.25) is 9.35 Å². The Balaban J connectivity index is 0.00000620. The third kappa shape index (κ3) is 10.1. The van der Waals surface area contributed by atoms with Gasteiger partial charge in [-0.1, -0.05) is 16.1 Å². The van der Waals surface area contributed by atoms with E-state index in [1.165, 1.54) is 49.6 Å². The second-order valence-electron chi connectivity index (χ2n) is 11.3. The van der Waals surface area contributed by atoms with Crippen molar-refractivity contribution in [2.75, 3.05) is 18.2 Å². The SMILES string of the molecule is COc1cc(N=Nc2c(SOOO)cc3cc(NC(=O)c4ccc(N)cc4)ccc3c2O)c(O)cc1N=Nc1ccc2cc(SOOO)cc(S(=O)(=O)O)c2c1.[Cu]. The quantitative estimate of drug-likeness (QED) is 0.0102. The number of carbonyl (C=O) groups excluding carboxylic acids is 1. The number of anilines is 2. The van der Waals surface area contributed by atoms with Crippen LogP contribution in [-0.4, -0.2) is 46.7 Å². The molecule has 57 heavy (non-hydrogen) atoms. The Labute approximate surface area is 340 Å². The van der Waals surface area contributed by atoms with Gasteiger partial charge >= 0.3 is 0 Å². The van der Waals surface area contributed by atoms with Gasteiger partial charge in [0.05, 0.1) is 41.8 Å². The van der Waals surface area contributed by atoms with Gasteiger partial charge in [-0.05, 0) is 83.6 Å². The third-order valence-corrected chi connectivity index (χ3v) is 9.83. The van der Waals surface area contributed by atoms with Gasteiger partial charge in [0.2, 0.25) is 0 Å². The van der Waals surface area contributed by atoms with E-state index >= 15 is 0 Å². The summed E-state index contributed by atoms with van der Waals surface area (Å²) in [6, 6.07) is 22.0. The number of benzene rings is 6. The molecule has 0 atom stereocenters. The summed E-state index contributed by atoms with van der Waals surface area (Å²) < 4.78 is 48.5. The van der Waals surface area contributed by atoms with Gasteiger partial charge in [-0.15, -0.1) is 24.0 Å². The molecule has 0 heterocycles. The van der Waals surface area contributed by atoms with Crippen molar-refractivity contribution in [1.82, 2.24) is 0 Å². The van der Waals surface area contributed by atoms with Crippen LogP contribution in [-0.2, 0) is 45.9 Å². The first-order valence-corrected chi connectivity index (χ1v) is 18.4. The van der Waals surface area contributed by atoms with E-state index in [2.05, 4.69) is 44.5 Å². The van der Waals surface area contributed by atoms with Gasteiger partial charge in [0.25, 0.3) is 16.0 Å². The van der Waals surface area contributed by atoms with E-state index < -0.39 is 26.7 Å². The second-order valence-corrected chi connectivity index (χ2v) is 14.2. The van der Waals surface area contributed by atoms with Crippen molar-refractivity contribution < 1.29 is 79.0 Å². The first-order chi connectivity index (χ1) is 26.9. The van der Waals surface area contributed by atoms with Gasteiger partial charge in [-0.2, -0.15) is 13.5 Å². The largest absolute Gasteiger partial charge is 0.506 e. The average molecular weight is 886 g/mol. The van der Waals surface area contributed by atoms with Crippen LogP contribution in [0.25, 0.3) is 21.5 Å². The molecule has 0 unspecified atom stereocenters. The molecule has 0 aromatic heterocycles. The molecule has 19 nitrogen and oxygen atoms in total. The first-order valence-electron chi connectivity index (χ1n) is 15.4. The number of hydrogen-bond donors (Lipinski definition) is 7. The minimum absolute atomic E-state index is 0. The molecule has 1 amide bonds. The molecule has 0 aliphatic heterocycles. The van der Waals surface area contributed by atoms with Crippen LogP contribution in [0.4, 0.5) is 34.1 Å². The van der Waals surface area contributed by atoms with Crippen molar-refractivity contribution in [2.45, 2.75) is 14.7 Å². The fourth-order valence-electron chi connectivity index (χ4n) is 5.23. The second kappa shape index (κ2) is 18.7. The van der Waals surface area contributed by atoms with Crippen LogP contribution in [0.1, 0.15) is 10.4 Å². The average Bonchev–Trinajstić information content (AvgIpc) is 3.18. The molecule has 6 aromatic carbocycles. The van der Waals surface area contributed by atoms with E-state index in [0.717, 1.165) is 6.07 Å². The summed E-state index contributed by atoms with van der Waals surface area (Å²) in [7, 11) is -3.40. The van der Waals surface area contributed by atoms with E-state index in [1.807, 2.05) is 0 Å². The number of amides is 1. The number of phenolic OH excluding ortho intramolecular Hbond substituents is 2. The number of phenols is 2. The summed E-state index contributed by atoms with van der Waals surface area (Å²) >= 11 is 0.990. The minimum atomic E-state index is -4.72. The summed E-state index contributed by atoms with van der Waals surface area (Å²) in [5.41, 5.74) is 6.91. The number of carbonyl (C=O) groups is 1. The number of azo groups is 2. The van der Waals surface area contributed by atoms with Gasteiger partial charge in [-0.25, -0.2) is 10.5 Å². The minimum Gasteiger partial charge on any atom is -0.506 e. The molecule has 0 spiro atoms. The van der Waals surface area contributed by atoms with Crippen molar-refractivity contribution >= 4 is 95.8 Å². The van der Waals surface area contributed by atoms with Crippen molar-refractivity contribution in [1.29, 1.82) is 0 Å². The fraction of sp³-hybridized carbons (Fsp3) is 0.0294. The van der Waals surface area contributed by atoms with Crippen LogP contribution in [0.3, 0.4) is 0 Å². The summed E-state index contributed by atoms with van der Waals surface area (Å²) in [6.07, 6.45) is 0. The zero-order valence-electron chi connectivity index (χ0n) is 28.6. The molecule has 0 aliphatic carbocycles. The van der Waals surface area contributed by atoms with Crippen LogP contribution in [0.5, 0.6) is 17.2 Å². The number of rotatable bonds is 14. The topological polar surface area (TPSA) is 286 Å². The van der Waals surface area contributed by atoms with Gasteiger partial charge < -0.3 is 26.0 Å². The summed E-state index contributed by atoms with van der Waals surface area (Å²) in [4.78, 5) is 12.6. The predicted octanol–water partition coefficient (Wildman–Crippen LogP) is 9.18. The van der Waals surface area contributed by atoms with Gasteiger partial charge in [0, 0.05) is 61.8 Å². The van der Waals surface area contributed by atoms with Crippen molar-refractivity contribution in [3.05, 3.63) is 96.6 Å². The van der Waals surface area contributed by atoms with Crippen molar-refractivity contribution in [2.24, 2.45) is 20.5 Å². The standard InChI is InChI=1S/C34H26N6O13S3.Cu/c1-49-29-16-26(28(41)15-27(29)39-37-22-7-4-18-11-23(54-52-50-44)14-31(25(18)13-22)56(46,47)48)38-40-32-30(55-53-51-45)12-19-10-21(8-9-24(19)33(32)42)36-34(43)17-2-5-20(35)6-3-17;/h2-16,41-42,44-45H,35H2,1H3,(H,36,43)(H,46,47,48);. The number of ether oxygens (including phenoxy) is 1. The van der Waals surface area contributed by atoms with Crippen molar-refractivity contribution in [3.63, 3.8) is 0 Å². The van der Waals surface area contributed by atoms with Gasteiger partial charge in [0.1, 0.15) is 33.5 Å². The molecule has 8 N–H and O–H groups in total. The van der Waals surface area contributed by atoms with Gasteiger partial charge in [0.15, 0.2) is 5.75 Å². The number of fused-ring (bicyclic) bond motifs is 2. The Morgan fingerprint density at radius 1 is 0.772 bits per heavy atom. The number of nitrogens with one attached hydrogen (secondary N) is 1. The number of hydrogen-bond acceptors (Lipinski definition) is 19. The smallest absolute Gasteiger partial charge is 0.295 e. The number of nitrogen functional groups attached to an aromatic ring is 1. The zero-order valence-corrected chi connectivity index (χ0v) is 31.9. The Morgan fingerprint density at radius 3 is 2.19 bits per heavy atom. The van der Waals surface area contributed by atoms with Crippen LogP contribution >= 0.6 is 24.1 Å². The maximum Gasteiger partial charge on any atom is 0.295 e. The summed E-state index contributed by atoms with van der Waals surface area (Å²) in [6.45, 7) is 0. The third-order valence-electron chi connectivity index (χ3n) is 7.75. The molecule has 1 radical (unpaired) electrons. The van der Waals surface area contributed by atoms with Crippen LogP contribution in [0.15, 0.2) is 126 Å². The van der Waals surface area contributed by atoms with E-state index in [1.54, 1.807) is 42.5 Å². The van der Waals surface area contributed by atoms with E-state index in [9.17, 15) is 28.0 Å². The normalized spacial score (nSPS) is 11.7. The van der Waals surface area contributed by atoms with E-state index in [0.29, 0.717) is 57.2 Å². The number of methoxy groups -OCH3 is 1. The zero-order chi connectivity index (χ0) is 40.0. The molecule has 23 heteroatoms. The van der Waals surface area contributed by atoms with Crippen LogP contribution in [0, 0.1) is 0 Å². The molecular weight excluding hydrogens is 860 g/mol. The molecule has 299 valence electrons. The fourth-order valence-corrected chi connectivity index (χ4v) is 6.98. The van der Waals surface area contributed by atoms with Crippen molar-refractivity contribution in [3.8, 4) is 17.2 Å². The first kappa shape index (κ1) is 42.7. The molecule has 0 saturated carbocycles. The van der Waals surface area contributed by atoms with E-state index in [-0.39, 0.29) is 66.5 Å². The number of nitrogens with two attached hydrogens (primary N) is 1. The monoisotopic (exact) mass is 885 g/mol. The number of nitrogens with zero attached hydrogens (tertiary/aromatic N) is 4. The van der Waals surface area contributed by atoms with E-state index in [4.69, 9.17) is 21.0 Å². The van der Waals surface area contributed by atoms with Crippen LogP contribution in [0.2, 0.25) is 0 Å². The molecule has 0 fully saturated rings. The maximum atomic E-state index is 12.7. The Bertz CT molecular complexity index is 2640. The molecule has 6 aromatic rings.